The van der Waals surface area contributed by atoms with Crippen molar-refractivity contribution in [2.75, 3.05) is 13.2 Å². The molecule has 4 rings (SSSR count). The van der Waals surface area contributed by atoms with Crippen LogP contribution < -0.4 is 9.47 Å². The summed E-state index contributed by atoms with van der Waals surface area (Å²) in [4.78, 5) is 0. The summed E-state index contributed by atoms with van der Waals surface area (Å²) in [6.07, 6.45) is 10.8. The molecule has 6 heteroatoms. The maximum atomic E-state index is 14.9. The number of rotatable bonds is 8. The minimum Gasteiger partial charge on any atom is -0.491 e. The first-order valence-electron chi connectivity index (χ1n) is 13.3. The Balaban J connectivity index is 1.31. The average Bonchev–Trinajstić information content (AvgIpc) is 2.89. The van der Waals surface area contributed by atoms with Gasteiger partial charge >= 0.3 is 0 Å². The molecule has 2 aliphatic rings. The molecule has 0 aliphatic heterocycles. The Bertz CT molecular complexity index is 1050. The Kier molecular flexibility index (Phi) is 8.97. The molecule has 2 fully saturated rings. The Morgan fingerprint density at radius 1 is 0.694 bits per heavy atom. The first-order valence-corrected chi connectivity index (χ1v) is 13.3. The third kappa shape index (κ3) is 5.90. The molecule has 0 aromatic heterocycles. The minimum absolute atomic E-state index is 0.0400. The number of hydrogen-bond acceptors (Lipinski definition) is 2. The maximum Gasteiger partial charge on any atom is 0.200 e. The van der Waals surface area contributed by atoms with Crippen molar-refractivity contribution < 1.29 is 27.0 Å². The van der Waals surface area contributed by atoms with Crippen LogP contribution in [0.25, 0.3) is 0 Å². The smallest absolute Gasteiger partial charge is 0.200 e. The Morgan fingerprint density at radius 3 is 1.69 bits per heavy atom. The summed E-state index contributed by atoms with van der Waals surface area (Å²) in [6, 6.07) is 6.32. The van der Waals surface area contributed by atoms with Crippen molar-refractivity contribution in [2.45, 2.75) is 77.0 Å². The second kappa shape index (κ2) is 12.2. The summed E-state index contributed by atoms with van der Waals surface area (Å²) in [5, 5.41) is 0. The summed E-state index contributed by atoms with van der Waals surface area (Å²) in [6.45, 7) is 4.28. The van der Waals surface area contributed by atoms with Gasteiger partial charge in [-0.25, -0.2) is 8.78 Å². The van der Waals surface area contributed by atoms with Crippen molar-refractivity contribution in [1.29, 1.82) is 0 Å². The molecule has 2 aromatic carbocycles. The van der Waals surface area contributed by atoms with Gasteiger partial charge in [-0.15, -0.1) is 0 Å². The van der Waals surface area contributed by atoms with E-state index in [0.29, 0.717) is 29.9 Å². The highest BCUT2D eigenvalue weighted by atomic mass is 19.2. The van der Waals surface area contributed by atoms with E-state index in [1.54, 1.807) is 25.1 Å². The number of benzene rings is 2. The van der Waals surface area contributed by atoms with E-state index in [2.05, 4.69) is 12.2 Å². The summed E-state index contributed by atoms with van der Waals surface area (Å²) >= 11 is 0. The third-order valence-electron chi connectivity index (χ3n) is 7.89. The van der Waals surface area contributed by atoms with Crippen molar-refractivity contribution >= 4 is 0 Å². The second-order valence-corrected chi connectivity index (χ2v) is 10.2. The molecule has 0 saturated heterocycles. The van der Waals surface area contributed by atoms with Gasteiger partial charge in [0.1, 0.15) is 0 Å². The molecule has 196 valence electrons. The lowest BCUT2D eigenvalue weighted by atomic mass is 9.78. The number of ether oxygens (including phenoxy) is 2. The van der Waals surface area contributed by atoms with Crippen molar-refractivity contribution in [2.24, 2.45) is 11.8 Å². The quantitative estimate of drug-likeness (QED) is 0.264. The van der Waals surface area contributed by atoms with Gasteiger partial charge in [0.05, 0.1) is 13.2 Å². The van der Waals surface area contributed by atoms with E-state index in [1.165, 1.54) is 6.07 Å². The SMILES string of the molecule is C/C=C/C1CCC(c2ccc(OCC3CCC(c4ccc(OCC)c(F)c4F)CC3)c(F)c2F)CC1. The van der Waals surface area contributed by atoms with Crippen LogP contribution in [0.15, 0.2) is 36.4 Å². The zero-order valence-corrected chi connectivity index (χ0v) is 21.2. The van der Waals surface area contributed by atoms with Gasteiger partial charge in [0.25, 0.3) is 0 Å². The van der Waals surface area contributed by atoms with Gasteiger partial charge in [0.2, 0.25) is 11.6 Å². The van der Waals surface area contributed by atoms with Crippen LogP contribution in [-0.4, -0.2) is 13.2 Å². The molecule has 2 nitrogen and oxygen atoms in total. The van der Waals surface area contributed by atoms with E-state index in [4.69, 9.17) is 9.47 Å². The summed E-state index contributed by atoms with van der Waals surface area (Å²) in [5.74, 6) is -2.96. The lowest BCUT2D eigenvalue weighted by Gasteiger charge is -2.29. The van der Waals surface area contributed by atoms with Crippen molar-refractivity contribution in [1.82, 2.24) is 0 Å². The highest BCUT2D eigenvalue weighted by Crippen LogP contribution is 2.41. The molecular formula is C30H36F4O2. The van der Waals surface area contributed by atoms with Crippen LogP contribution >= 0.6 is 0 Å². The molecular weight excluding hydrogens is 468 g/mol. The minimum atomic E-state index is -0.938. The van der Waals surface area contributed by atoms with Gasteiger partial charge in [0, 0.05) is 0 Å². The van der Waals surface area contributed by atoms with Gasteiger partial charge in [-0.3, -0.25) is 0 Å². The summed E-state index contributed by atoms with van der Waals surface area (Å²) in [5.41, 5.74) is 0.822. The van der Waals surface area contributed by atoms with Gasteiger partial charge in [-0.1, -0.05) is 24.3 Å². The predicted octanol–water partition coefficient (Wildman–Crippen LogP) is 8.84. The topological polar surface area (TPSA) is 18.5 Å². The molecule has 0 spiro atoms. The van der Waals surface area contributed by atoms with Gasteiger partial charge < -0.3 is 9.47 Å². The Hall–Kier alpha value is -2.50. The molecule has 0 heterocycles. The Morgan fingerprint density at radius 2 is 1.19 bits per heavy atom. The molecule has 0 amide bonds. The zero-order chi connectivity index (χ0) is 25.7. The van der Waals surface area contributed by atoms with Crippen molar-refractivity contribution in [3.8, 4) is 11.5 Å². The lowest BCUT2D eigenvalue weighted by molar-refractivity contribution is 0.191. The third-order valence-corrected chi connectivity index (χ3v) is 7.89. The van der Waals surface area contributed by atoms with Crippen LogP contribution in [-0.2, 0) is 0 Å². The second-order valence-electron chi connectivity index (χ2n) is 10.2. The van der Waals surface area contributed by atoms with E-state index in [1.807, 2.05) is 6.92 Å². The van der Waals surface area contributed by atoms with Crippen LogP contribution in [0.4, 0.5) is 17.6 Å². The molecule has 0 radical (unpaired) electrons. The number of hydrogen-bond donors (Lipinski definition) is 0. The highest BCUT2D eigenvalue weighted by molar-refractivity contribution is 5.34. The molecule has 0 unspecified atom stereocenters. The predicted molar refractivity (Wildman–Crippen MR) is 134 cm³/mol. The fourth-order valence-corrected chi connectivity index (χ4v) is 5.84. The molecule has 0 bridgehead atoms. The Labute approximate surface area is 211 Å². The van der Waals surface area contributed by atoms with Gasteiger partial charge in [-0.2, -0.15) is 8.78 Å². The van der Waals surface area contributed by atoms with Gasteiger partial charge in [-0.05, 0) is 112 Å². The first-order chi connectivity index (χ1) is 17.4. The van der Waals surface area contributed by atoms with Crippen LogP contribution in [0.5, 0.6) is 11.5 Å². The molecule has 0 atom stereocenters. The van der Waals surface area contributed by atoms with E-state index in [-0.39, 0.29) is 42.5 Å². The van der Waals surface area contributed by atoms with Gasteiger partial charge in [0.15, 0.2) is 23.1 Å². The maximum absolute atomic E-state index is 14.9. The molecule has 2 aliphatic carbocycles. The molecule has 36 heavy (non-hydrogen) atoms. The molecule has 2 aromatic rings. The largest absolute Gasteiger partial charge is 0.491 e. The first kappa shape index (κ1) is 26.6. The van der Waals surface area contributed by atoms with E-state index < -0.39 is 23.3 Å². The number of halogens is 4. The summed E-state index contributed by atoms with van der Waals surface area (Å²) in [7, 11) is 0. The van der Waals surface area contributed by atoms with E-state index in [9.17, 15) is 17.6 Å². The van der Waals surface area contributed by atoms with Crippen LogP contribution in [0.2, 0.25) is 0 Å². The standard InChI is InChI=1S/C30H36F4O2/c1-3-5-19-6-10-21(11-7-19)24-15-17-26(30(34)28(24)32)36-18-20-8-12-22(13-9-20)23-14-16-25(35-4-2)29(33)27(23)31/h3,5,14-17,19-22H,4,6-13,18H2,1-2H3/b5-3+. The normalized spacial score (nSPS) is 24.7. The highest BCUT2D eigenvalue weighted by Gasteiger charge is 2.29. The van der Waals surface area contributed by atoms with Crippen molar-refractivity contribution in [3.63, 3.8) is 0 Å². The van der Waals surface area contributed by atoms with Crippen LogP contribution in [0.3, 0.4) is 0 Å². The zero-order valence-electron chi connectivity index (χ0n) is 21.2. The molecule has 2 saturated carbocycles. The van der Waals surface area contributed by atoms with E-state index >= 15 is 0 Å². The van der Waals surface area contributed by atoms with Crippen LogP contribution in [0.1, 0.15) is 88.2 Å². The van der Waals surface area contributed by atoms with E-state index in [0.717, 1.165) is 38.5 Å². The summed E-state index contributed by atoms with van der Waals surface area (Å²) < 4.78 is 69.4. The average molecular weight is 505 g/mol. The van der Waals surface area contributed by atoms with Crippen molar-refractivity contribution in [3.05, 3.63) is 70.8 Å². The lowest BCUT2D eigenvalue weighted by Crippen LogP contribution is -2.20. The van der Waals surface area contributed by atoms with Crippen LogP contribution in [0, 0.1) is 35.1 Å². The fourth-order valence-electron chi connectivity index (χ4n) is 5.84. The molecule has 0 N–H and O–H groups in total. The monoisotopic (exact) mass is 504 g/mol. The fraction of sp³-hybridized carbons (Fsp3) is 0.533. The number of allylic oxidation sites excluding steroid dienone is 2.